The van der Waals surface area contributed by atoms with Crippen LogP contribution in [0.3, 0.4) is 0 Å². The molecule has 0 saturated heterocycles. The number of H-pyrrole nitrogens is 1. The van der Waals surface area contributed by atoms with E-state index in [0.29, 0.717) is 18.7 Å². The van der Waals surface area contributed by atoms with E-state index < -0.39 is 11.8 Å². The molecule has 0 atom stereocenters. The van der Waals surface area contributed by atoms with Crippen molar-refractivity contribution in [2.45, 2.75) is 6.42 Å². The Labute approximate surface area is 145 Å². The number of aromatic nitrogens is 1. The van der Waals surface area contributed by atoms with E-state index in [4.69, 9.17) is 4.74 Å². The smallest absolute Gasteiger partial charge is 0.313 e. The average molecular weight is 337 g/mol. The molecule has 2 aromatic carbocycles. The van der Waals surface area contributed by atoms with Crippen molar-refractivity contribution >= 4 is 28.4 Å². The molecule has 3 N–H and O–H groups in total. The molecule has 128 valence electrons. The summed E-state index contributed by atoms with van der Waals surface area (Å²) >= 11 is 0. The number of fused-ring (bicyclic) bond motifs is 1. The number of rotatable bonds is 5. The highest BCUT2D eigenvalue weighted by Crippen LogP contribution is 2.18. The van der Waals surface area contributed by atoms with Crippen molar-refractivity contribution in [1.82, 2.24) is 10.3 Å². The van der Waals surface area contributed by atoms with Gasteiger partial charge in [-0.05, 0) is 41.6 Å². The molecule has 0 radical (unpaired) electrons. The number of carbonyl (C=O) groups excluding carboxylic acids is 2. The number of amides is 2. The Kier molecular flexibility index (Phi) is 4.99. The summed E-state index contributed by atoms with van der Waals surface area (Å²) in [4.78, 5) is 27.0. The summed E-state index contributed by atoms with van der Waals surface area (Å²) in [6.45, 7) is 0.349. The van der Waals surface area contributed by atoms with Crippen LogP contribution in [0.4, 0.5) is 5.69 Å². The molecule has 0 aliphatic carbocycles. The van der Waals surface area contributed by atoms with E-state index in [1.807, 2.05) is 42.6 Å². The SMILES string of the molecule is COc1ccccc1CCNC(=O)C(=O)Nc1ccc2cc[nH]c2c1. The zero-order valence-electron chi connectivity index (χ0n) is 13.8. The highest BCUT2D eigenvalue weighted by atomic mass is 16.5. The normalized spacial score (nSPS) is 10.4. The summed E-state index contributed by atoms with van der Waals surface area (Å²) in [6.07, 6.45) is 2.40. The van der Waals surface area contributed by atoms with E-state index in [2.05, 4.69) is 15.6 Å². The Bertz CT molecular complexity index is 902. The van der Waals surface area contributed by atoms with Gasteiger partial charge in [-0.25, -0.2) is 0 Å². The Morgan fingerprint density at radius 3 is 2.76 bits per heavy atom. The number of para-hydroxylation sites is 1. The predicted octanol–water partition coefficient (Wildman–Crippen LogP) is 2.47. The minimum absolute atomic E-state index is 0.349. The monoisotopic (exact) mass is 337 g/mol. The zero-order chi connectivity index (χ0) is 17.6. The van der Waals surface area contributed by atoms with Crippen molar-refractivity contribution in [2.24, 2.45) is 0 Å². The minimum atomic E-state index is -0.689. The van der Waals surface area contributed by atoms with Crippen LogP contribution < -0.4 is 15.4 Å². The topological polar surface area (TPSA) is 83.2 Å². The van der Waals surface area contributed by atoms with Crippen molar-refractivity contribution in [2.75, 3.05) is 19.0 Å². The van der Waals surface area contributed by atoms with Gasteiger partial charge in [0.25, 0.3) is 0 Å². The van der Waals surface area contributed by atoms with Crippen LogP contribution in [0.15, 0.2) is 54.7 Å². The molecule has 3 aromatic rings. The minimum Gasteiger partial charge on any atom is -0.496 e. The predicted molar refractivity (Wildman–Crippen MR) is 96.6 cm³/mol. The second-order valence-electron chi connectivity index (χ2n) is 5.55. The number of nitrogens with one attached hydrogen (secondary N) is 3. The fourth-order valence-electron chi connectivity index (χ4n) is 2.61. The van der Waals surface area contributed by atoms with E-state index in [-0.39, 0.29) is 0 Å². The lowest BCUT2D eigenvalue weighted by Crippen LogP contribution is -2.36. The van der Waals surface area contributed by atoms with Gasteiger partial charge in [-0.1, -0.05) is 24.3 Å². The second-order valence-corrected chi connectivity index (χ2v) is 5.55. The Balaban J connectivity index is 1.53. The van der Waals surface area contributed by atoms with Crippen molar-refractivity contribution in [3.05, 3.63) is 60.3 Å². The van der Waals surface area contributed by atoms with Gasteiger partial charge in [0.2, 0.25) is 0 Å². The molecule has 6 nitrogen and oxygen atoms in total. The van der Waals surface area contributed by atoms with Crippen molar-refractivity contribution in [3.8, 4) is 5.75 Å². The van der Waals surface area contributed by atoms with Gasteiger partial charge in [-0.15, -0.1) is 0 Å². The molecule has 1 heterocycles. The third kappa shape index (κ3) is 3.98. The Hall–Kier alpha value is -3.28. The molecule has 6 heteroatoms. The van der Waals surface area contributed by atoms with Gasteiger partial charge >= 0.3 is 11.8 Å². The molecule has 0 saturated carbocycles. The lowest BCUT2D eigenvalue weighted by atomic mass is 10.1. The molecular formula is C19H19N3O3. The lowest BCUT2D eigenvalue weighted by Gasteiger charge is -2.09. The number of benzene rings is 2. The standard InChI is InChI=1S/C19H19N3O3/c1-25-17-5-3-2-4-14(17)9-11-21-18(23)19(24)22-15-7-6-13-8-10-20-16(13)12-15/h2-8,10,12,20H,9,11H2,1H3,(H,21,23)(H,22,24). The van der Waals surface area contributed by atoms with Gasteiger partial charge in [-0.3, -0.25) is 9.59 Å². The molecule has 0 aliphatic rings. The van der Waals surface area contributed by atoms with Crippen molar-refractivity contribution < 1.29 is 14.3 Å². The summed E-state index contributed by atoms with van der Waals surface area (Å²) in [6, 6.07) is 14.9. The van der Waals surface area contributed by atoms with Crippen LogP contribution in [-0.4, -0.2) is 30.5 Å². The molecule has 0 spiro atoms. The fourth-order valence-corrected chi connectivity index (χ4v) is 2.61. The zero-order valence-corrected chi connectivity index (χ0v) is 13.8. The summed E-state index contributed by atoms with van der Waals surface area (Å²) in [5, 5.41) is 6.26. The average Bonchev–Trinajstić information content (AvgIpc) is 3.09. The largest absolute Gasteiger partial charge is 0.496 e. The van der Waals surface area contributed by atoms with Crippen LogP contribution in [0.5, 0.6) is 5.75 Å². The number of hydrogen-bond donors (Lipinski definition) is 3. The Morgan fingerprint density at radius 2 is 1.92 bits per heavy atom. The molecule has 0 aliphatic heterocycles. The van der Waals surface area contributed by atoms with Crippen LogP contribution in [0.2, 0.25) is 0 Å². The number of anilines is 1. The van der Waals surface area contributed by atoms with E-state index in [1.54, 1.807) is 19.2 Å². The highest BCUT2D eigenvalue weighted by Gasteiger charge is 2.13. The number of carbonyl (C=O) groups is 2. The van der Waals surface area contributed by atoms with Crippen LogP contribution in [0.1, 0.15) is 5.56 Å². The van der Waals surface area contributed by atoms with Crippen LogP contribution in [0, 0.1) is 0 Å². The first-order valence-electron chi connectivity index (χ1n) is 7.95. The van der Waals surface area contributed by atoms with Gasteiger partial charge < -0.3 is 20.4 Å². The molecule has 0 bridgehead atoms. The van der Waals surface area contributed by atoms with Gasteiger partial charge in [0.1, 0.15) is 5.75 Å². The van der Waals surface area contributed by atoms with Gasteiger partial charge in [-0.2, -0.15) is 0 Å². The van der Waals surface area contributed by atoms with E-state index in [1.165, 1.54) is 0 Å². The van der Waals surface area contributed by atoms with Crippen LogP contribution in [-0.2, 0) is 16.0 Å². The third-order valence-electron chi connectivity index (χ3n) is 3.89. The summed E-state index contributed by atoms with van der Waals surface area (Å²) in [5.41, 5.74) is 2.44. The van der Waals surface area contributed by atoms with E-state index in [0.717, 1.165) is 22.2 Å². The molecule has 0 unspecified atom stereocenters. The summed E-state index contributed by atoms with van der Waals surface area (Å²) < 4.78 is 5.26. The van der Waals surface area contributed by atoms with Crippen LogP contribution >= 0.6 is 0 Å². The highest BCUT2D eigenvalue weighted by molar-refractivity contribution is 6.39. The van der Waals surface area contributed by atoms with Gasteiger partial charge in [0.15, 0.2) is 0 Å². The van der Waals surface area contributed by atoms with Crippen molar-refractivity contribution in [1.29, 1.82) is 0 Å². The van der Waals surface area contributed by atoms with Crippen molar-refractivity contribution in [3.63, 3.8) is 0 Å². The maximum absolute atomic E-state index is 12.0. The van der Waals surface area contributed by atoms with Crippen LogP contribution in [0.25, 0.3) is 10.9 Å². The molecule has 1 aromatic heterocycles. The third-order valence-corrected chi connectivity index (χ3v) is 3.89. The number of ether oxygens (including phenoxy) is 1. The summed E-state index contributed by atoms with van der Waals surface area (Å²) in [7, 11) is 1.60. The number of methoxy groups -OCH3 is 1. The maximum Gasteiger partial charge on any atom is 0.313 e. The quantitative estimate of drug-likeness (QED) is 0.626. The fraction of sp³-hybridized carbons (Fsp3) is 0.158. The lowest BCUT2D eigenvalue weighted by molar-refractivity contribution is -0.136. The number of hydrogen-bond acceptors (Lipinski definition) is 3. The molecule has 3 rings (SSSR count). The molecule has 25 heavy (non-hydrogen) atoms. The first-order chi connectivity index (χ1) is 12.2. The second kappa shape index (κ2) is 7.53. The molecular weight excluding hydrogens is 318 g/mol. The Morgan fingerprint density at radius 1 is 1.08 bits per heavy atom. The molecule has 2 amide bonds. The van der Waals surface area contributed by atoms with Gasteiger partial charge in [0.05, 0.1) is 7.11 Å². The molecule has 0 fully saturated rings. The van der Waals surface area contributed by atoms with E-state index >= 15 is 0 Å². The summed E-state index contributed by atoms with van der Waals surface area (Å²) in [5.74, 6) is -0.590. The maximum atomic E-state index is 12.0. The van der Waals surface area contributed by atoms with E-state index in [9.17, 15) is 9.59 Å². The first-order valence-corrected chi connectivity index (χ1v) is 7.95. The van der Waals surface area contributed by atoms with Gasteiger partial charge in [0, 0.05) is 23.9 Å². The first kappa shape index (κ1) is 16.6. The number of aromatic amines is 1.